The van der Waals surface area contributed by atoms with Crippen molar-refractivity contribution >= 4 is 0 Å². The monoisotopic (exact) mass is 269 g/mol. The topological polar surface area (TPSA) is 21.3 Å². The van der Waals surface area contributed by atoms with Crippen LogP contribution in [-0.4, -0.2) is 25.3 Å². The van der Waals surface area contributed by atoms with E-state index in [1.165, 1.54) is 0 Å². The van der Waals surface area contributed by atoms with Crippen LogP contribution in [0.3, 0.4) is 0 Å². The third-order valence-electron chi connectivity index (χ3n) is 3.78. The Labute approximate surface area is 113 Å². The molecule has 1 aromatic rings. The zero-order chi connectivity index (χ0) is 13.8. The van der Waals surface area contributed by atoms with Gasteiger partial charge in [0.25, 0.3) is 0 Å². The van der Waals surface area contributed by atoms with Gasteiger partial charge in [-0.25, -0.2) is 8.78 Å². The van der Waals surface area contributed by atoms with E-state index >= 15 is 0 Å². The molecule has 1 N–H and O–H groups in total. The van der Waals surface area contributed by atoms with Gasteiger partial charge in [-0.1, -0.05) is 26.0 Å². The fourth-order valence-corrected chi connectivity index (χ4v) is 2.74. The maximum atomic E-state index is 13.7. The smallest absolute Gasteiger partial charge is 0.162 e. The summed E-state index contributed by atoms with van der Waals surface area (Å²) in [5.41, 5.74) is 0.411. The molecule has 0 aliphatic carbocycles. The van der Waals surface area contributed by atoms with Crippen molar-refractivity contribution in [2.45, 2.75) is 38.8 Å². The van der Waals surface area contributed by atoms with E-state index < -0.39 is 11.6 Å². The summed E-state index contributed by atoms with van der Waals surface area (Å²) in [4.78, 5) is 0. The van der Waals surface area contributed by atoms with Crippen LogP contribution in [0.4, 0.5) is 8.78 Å². The van der Waals surface area contributed by atoms with Crippen molar-refractivity contribution in [3.05, 3.63) is 35.4 Å². The zero-order valence-electron chi connectivity index (χ0n) is 11.5. The Bertz CT molecular complexity index is 425. The summed E-state index contributed by atoms with van der Waals surface area (Å²) in [5, 5.41) is 3.34. The molecule has 1 fully saturated rings. The first-order valence-corrected chi connectivity index (χ1v) is 6.91. The zero-order valence-corrected chi connectivity index (χ0v) is 11.5. The summed E-state index contributed by atoms with van der Waals surface area (Å²) in [6.45, 7) is 5.69. The SMILES string of the molecule is CCNC(Cc1cccc(F)c1F)C1OCCC1C. The van der Waals surface area contributed by atoms with Crippen LogP contribution in [0.15, 0.2) is 18.2 Å². The first kappa shape index (κ1) is 14.4. The van der Waals surface area contributed by atoms with Crippen molar-refractivity contribution in [2.75, 3.05) is 13.2 Å². The largest absolute Gasteiger partial charge is 0.376 e. The Morgan fingerprint density at radius 3 is 2.84 bits per heavy atom. The third kappa shape index (κ3) is 3.31. The fraction of sp³-hybridized carbons (Fsp3) is 0.600. The van der Waals surface area contributed by atoms with Gasteiger partial charge in [-0.05, 0) is 36.9 Å². The van der Waals surface area contributed by atoms with Crippen LogP contribution >= 0.6 is 0 Å². The van der Waals surface area contributed by atoms with Crippen LogP contribution < -0.4 is 5.32 Å². The number of ether oxygens (including phenoxy) is 1. The minimum atomic E-state index is -0.784. The minimum Gasteiger partial charge on any atom is -0.376 e. The summed E-state index contributed by atoms with van der Waals surface area (Å²) in [5.74, 6) is -1.08. The minimum absolute atomic E-state index is 0.0267. The van der Waals surface area contributed by atoms with Gasteiger partial charge in [-0.3, -0.25) is 0 Å². The van der Waals surface area contributed by atoms with Crippen LogP contribution in [0.5, 0.6) is 0 Å². The highest BCUT2D eigenvalue weighted by Crippen LogP contribution is 2.25. The van der Waals surface area contributed by atoms with Crippen LogP contribution in [0.1, 0.15) is 25.8 Å². The molecule has 0 radical (unpaired) electrons. The molecule has 4 heteroatoms. The Morgan fingerprint density at radius 1 is 1.42 bits per heavy atom. The Morgan fingerprint density at radius 2 is 2.21 bits per heavy atom. The average Bonchev–Trinajstić information content (AvgIpc) is 2.80. The normalized spacial score (nSPS) is 24.6. The van der Waals surface area contributed by atoms with Crippen LogP contribution in [-0.2, 0) is 11.2 Å². The van der Waals surface area contributed by atoms with Crippen molar-refractivity contribution in [1.29, 1.82) is 0 Å². The number of likely N-dealkylation sites (N-methyl/N-ethyl adjacent to an activating group) is 1. The second kappa shape index (κ2) is 6.44. The van der Waals surface area contributed by atoms with E-state index in [0.717, 1.165) is 25.6 Å². The molecule has 3 atom stereocenters. The summed E-state index contributed by atoms with van der Waals surface area (Å²) in [6, 6.07) is 4.37. The Balaban J connectivity index is 2.14. The number of hydrogen-bond acceptors (Lipinski definition) is 2. The van der Waals surface area contributed by atoms with Crippen molar-refractivity contribution in [2.24, 2.45) is 5.92 Å². The molecule has 1 aliphatic heterocycles. The number of benzene rings is 1. The highest BCUT2D eigenvalue weighted by atomic mass is 19.2. The number of nitrogens with one attached hydrogen (secondary N) is 1. The molecule has 19 heavy (non-hydrogen) atoms. The van der Waals surface area contributed by atoms with Crippen LogP contribution in [0, 0.1) is 17.6 Å². The van der Waals surface area contributed by atoms with Crippen molar-refractivity contribution in [1.82, 2.24) is 5.32 Å². The fourth-order valence-electron chi connectivity index (χ4n) is 2.74. The molecule has 0 bridgehead atoms. The van der Waals surface area contributed by atoms with Crippen LogP contribution in [0.2, 0.25) is 0 Å². The van der Waals surface area contributed by atoms with E-state index in [-0.39, 0.29) is 12.1 Å². The van der Waals surface area contributed by atoms with Gasteiger partial charge >= 0.3 is 0 Å². The Kier molecular flexibility index (Phi) is 4.88. The molecular formula is C15H21F2NO. The van der Waals surface area contributed by atoms with Crippen molar-refractivity contribution in [3.63, 3.8) is 0 Å². The average molecular weight is 269 g/mol. The molecule has 1 aliphatic rings. The van der Waals surface area contributed by atoms with E-state index in [0.29, 0.717) is 17.9 Å². The third-order valence-corrected chi connectivity index (χ3v) is 3.78. The van der Waals surface area contributed by atoms with E-state index in [4.69, 9.17) is 4.74 Å². The summed E-state index contributed by atoms with van der Waals surface area (Å²) in [6.07, 6.45) is 1.55. The maximum absolute atomic E-state index is 13.7. The molecule has 0 spiro atoms. The molecule has 2 rings (SSSR count). The van der Waals surface area contributed by atoms with E-state index in [2.05, 4.69) is 12.2 Å². The van der Waals surface area contributed by atoms with E-state index in [9.17, 15) is 8.78 Å². The van der Waals surface area contributed by atoms with Gasteiger partial charge in [0.05, 0.1) is 6.10 Å². The lowest BCUT2D eigenvalue weighted by molar-refractivity contribution is 0.0612. The molecule has 1 saturated heterocycles. The number of hydrogen-bond donors (Lipinski definition) is 1. The maximum Gasteiger partial charge on any atom is 0.162 e. The molecule has 1 aromatic carbocycles. The molecule has 106 valence electrons. The van der Waals surface area contributed by atoms with Crippen molar-refractivity contribution in [3.8, 4) is 0 Å². The first-order valence-electron chi connectivity index (χ1n) is 6.91. The summed E-state index contributed by atoms with van der Waals surface area (Å²) >= 11 is 0. The lowest BCUT2D eigenvalue weighted by Gasteiger charge is -2.27. The van der Waals surface area contributed by atoms with Gasteiger partial charge in [0.1, 0.15) is 0 Å². The molecular weight excluding hydrogens is 248 g/mol. The number of rotatable bonds is 5. The van der Waals surface area contributed by atoms with E-state index in [1.54, 1.807) is 12.1 Å². The summed E-state index contributed by atoms with van der Waals surface area (Å²) < 4.78 is 32.7. The van der Waals surface area contributed by atoms with Gasteiger partial charge in [-0.15, -0.1) is 0 Å². The lowest BCUT2D eigenvalue weighted by Crippen LogP contribution is -2.44. The first-order chi connectivity index (χ1) is 9.13. The molecule has 0 aromatic heterocycles. The second-order valence-electron chi connectivity index (χ2n) is 5.18. The molecule has 1 heterocycles. The lowest BCUT2D eigenvalue weighted by atomic mass is 9.92. The molecule has 0 saturated carbocycles. The second-order valence-corrected chi connectivity index (χ2v) is 5.18. The quantitative estimate of drug-likeness (QED) is 0.887. The highest BCUT2D eigenvalue weighted by Gasteiger charge is 2.32. The predicted molar refractivity (Wildman–Crippen MR) is 71.0 cm³/mol. The summed E-state index contributed by atoms with van der Waals surface area (Å²) in [7, 11) is 0. The van der Waals surface area contributed by atoms with Crippen LogP contribution in [0.25, 0.3) is 0 Å². The van der Waals surface area contributed by atoms with Gasteiger partial charge in [0.15, 0.2) is 11.6 Å². The van der Waals surface area contributed by atoms with Gasteiger partial charge in [0, 0.05) is 12.6 Å². The van der Waals surface area contributed by atoms with Gasteiger partial charge in [0.2, 0.25) is 0 Å². The van der Waals surface area contributed by atoms with Gasteiger partial charge in [-0.2, -0.15) is 0 Å². The molecule has 0 amide bonds. The van der Waals surface area contributed by atoms with Gasteiger partial charge < -0.3 is 10.1 Å². The van der Waals surface area contributed by atoms with Crippen molar-refractivity contribution < 1.29 is 13.5 Å². The molecule has 2 nitrogen and oxygen atoms in total. The number of halogens is 2. The standard InChI is InChI=1S/C15H21F2NO/c1-3-18-13(15-10(2)7-8-19-15)9-11-5-4-6-12(16)14(11)17/h4-6,10,13,15,18H,3,7-9H2,1-2H3. The Hall–Kier alpha value is -1.00. The molecule has 3 unspecified atom stereocenters. The predicted octanol–water partition coefficient (Wildman–Crippen LogP) is 2.91. The highest BCUT2D eigenvalue weighted by molar-refractivity contribution is 5.20. The van der Waals surface area contributed by atoms with E-state index in [1.807, 2.05) is 6.92 Å².